The number of nitrogens with zero attached hydrogens (tertiary/aromatic N) is 4. The highest BCUT2D eigenvalue weighted by Crippen LogP contribution is 2.32. The number of carbonyl (C=O) groups excluding carboxylic acids is 1. The van der Waals surface area contributed by atoms with Crippen LogP contribution in [-0.2, 0) is 0 Å². The second-order valence-electron chi connectivity index (χ2n) is 6.68. The number of aryl methyl sites for hydroxylation is 1. The molecular formula is C22H15BrN4O3S. The Morgan fingerprint density at radius 3 is 2.52 bits per heavy atom. The quantitative estimate of drug-likeness (QED) is 0.194. The van der Waals surface area contributed by atoms with Crippen molar-refractivity contribution < 1.29 is 9.72 Å². The molecule has 31 heavy (non-hydrogen) atoms. The Balaban J connectivity index is 1.74. The van der Waals surface area contributed by atoms with Crippen molar-refractivity contribution in [3.05, 3.63) is 98.0 Å². The predicted octanol–water partition coefficient (Wildman–Crippen LogP) is 5.96. The predicted molar refractivity (Wildman–Crippen MR) is 126 cm³/mol. The maximum absolute atomic E-state index is 13.2. The zero-order chi connectivity index (χ0) is 22.0. The molecule has 0 radical (unpaired) electrons. The van der Waals surface area contributed by atoms with Gasteiger partial charge in [0.1, 0.15) is 0 Å². The molecular weight excluding hydrogens is 480 g/mol. The van der Waals surface area contributed by atoms with Gasteiger partial charge >= 0.3 is 0 Å². The Morgan fingerprint density at radius 2 is 1.84 bits per heavy atom. The van der Waals surface area contributed by atoms with Crippen molar-refractivity contribution in [1.29, 1.82) is 0 Å². The third-order valence-corrected chi connectivity index (χ3v) is 5.92. The molecule has 0 aliphatic rings. The Kier molecular flexibility index (Phi) is 5.88. The SMILES string of the molecule is Cc1ccc(/C=N/N(C(=O)c2ccc([N+](=O)[O-])cc2)c2nc3ccc(Br)cc3s2)cc1. The summed E-state index contributed by atoms with van der Waals surface area (Å²) in [6.45, 7) is 1.99. The summed E-state index contributed by atoms with van der Waals surface area (Å²) in [4.78, 5) is 28.2. The molecule has 4 aromatic rings. The van der Waals surface area contributed by atoms with Gasteiger partial charge in [-0.2, -0.15) is 10.1 Å². The van der Waals surface area contributed by atoms with Crippen LogP contribution in [-0.4, -0.2) is 22.0 Å². The summed E-state index contributed by atoms with van der Waals surface area (Å²) >= 11 is 4.77. The summed E-state index contributed by atoms with van der Waals surface area (Å²) in [6.07, 6.45) is 1.59. The molecule has 0 saturated carbocycles. The Morgan fingerprint density at radius 1 is 1.13 bits per heavy atom. The van der Waals surface area contributed by atoms with E-state index in [4.69, 9.17) is 0 Å². The first-order valence-corrected chi connectivity index (χ1v) is 10.8. The standard InChI is InChI=1S/C22H15BrN4O3S/c1-14-2-4-15(5-3-14)13-24-26(21(28)16-6-9-18(10-7-16)27(29)30)22-25-19-11-8-17(23)12-20(19)31-22/h2-13H,1H3/b24-13+. The van der Waals surface area contributed by atoms with Crippen LogP contribution < -0.4 is 5.01 Å². The van der Waals surface area contributed by atoms with Crippen LogP contribution in [0.2, 0.25) is 0 Å². The van der Waals surface area contributed by atoms with Gasteiger partial charge in [-0.05, 0) is 42.8 Å². The highest BCUT2D eigenvalue weighted by Gasteiger charge is 2.22. The molecule has 4 rings (SSSR count). The van der Waals surface area contributed by atoms with Crippen molar-refractivity contribution in [1.82, 2.24) is 4.98 Å². The maximum atomic E-state index is 13.2. The van der Waals surface area contributed by atoms with E-state index < -0.39 is 10.8 Å². The zero-order valence-corrected chi connectivity index (χ0v) is 18.6. The van der Waals surface area contributed by atoms with Crippen molar-refractivity contribution >= 4 is 60.4 Å². The first-order chi connectivity index (χ1) is 14.9. The molecule has 1 amide bonds. The van der Waals surface area contributed by atoms with Crippen molar-refractivity contribution in [2.24, 2.45) is 5.10 Å². The number of benzene rings is 3. The summed E-state index contributed by atoms with van der Waals surface area (Å²) < 4.78 is 1.81. The van der Waals surface area contributed by atoms with E-state index in [1.807, 2.05) is 49.4 Å². The van der Waals surface area contributed by atoms with E-state index in [2.05, 4.69) is 26.0 Å². The van der Waals surface area contributed by atoms with Crippen LogP contribution in [0.15, 0.2) is 76.3 Å². The molecule has 154 valence electrons. The summed E-state index contributed by atoms with van der Waals surface area (Å²) in [7, 11) is 0. The number of anilines is 1. The Hall–Kier alpha value is -3.43. The van der Waals surface area contributed by atoms with E-state index in [1.165, 1.54) is 40.6 Å². The van der Waals surface area contributed by atoms with E-state index >= 15 is 0 Å². The molecule has 0 bridgehead atoms. The van der Waals surface area contributed by atoms with Gasteiger partial charge in [-0.1, -0.05) is 57.1 Å². The van der Waals surface area contributed by atoms with Gasteiger partial charge in [0, 0.05) is 22.2 Å². The van der Waals surface area contributed by atoms with Gasteiger partial charge in [-0.25, -0.2) is 4.98 Å². The van der Waals surface area contributed by atoms with Crippen LogP contribution in [0.4, 0.5) is 10.8 Å². The van der Waals surface area contributed by atoms with Crippen molar-refractivity contribution in [3.8, 4) is 0 Å². The van der Waals surface area contributed by atoms with Crippen LogP contribution in [0.25, 0.3) is 10.2 Å². The minimum atomic E-state index is -0.507. The highest BCUT2D eigenvalue weighted by molar-refractivity contribution is 9.10. The second-order valence-corrected chi connectivity index (χ2v) is 8.61. The zero-order valence-electron chi connectivity index (χ0n) is 16.2. The number of hydrogen-bond donors (Lipinski definition) is 0. The fraction of sp³-hybridized carbons (Fsp3) is 0.0455. The number of amides is 1. The van der Waals surface area contributed by atoms with E-state index in [1.54, 1.807) is 6.21 Å². The number of nitro benzene ring substituents is 1. The van der Waals surface area contributed by atoms with Crippen LogP contribution in [0, 0.1) is 17.0 Å². The van der Waals surface area contributed by atoms with Gasteiger partial charge in [0.2, 0.25) is 5.13 Å². The molecule has 1 aromatic heterocycles. The van der Waals surface area contributed by atoms with Crippen molar-refractivity contribution in [3.63, 3.8) is 0 Å². The van der Waals surface area contributed by atoms with E-state index in [-0.39, 0.29) is 11.3 Å². The average molecular weight is 495 g/mol. The van der Waals surface area contributed by atoms with Gasteiger partial charge in [-0.3, -0.25) is 14.9 Å². The van der Waals surface area contributed by atoms with Gasteiger partial charge in [0.05, 0.1) is 21.4 Å². The number of hydrazone groups is 1. The molecule has 0 spiro atoms. The summed E-state index contributed by atoms with van der Waals surface area (Å²) in [6, 6.07) is 18.8. The lowest BCUT2D eigenvalue weighted by atomic mass is 10.2. The van der Waals surface area contributed by atoms with E-state index in [0.717, 1.165) is 25.8 Å². The lowest BCUT2D eigenvalue weighted by Gasteiger charge is -2.13. The van der Waals surface area contributed by atoms with Gasteiger partial charge in [0.15, 0.2) is 0 Å². The molecule has 7 nitrogen and oxygen atoms in total. The number of nitro groups is 1. The lowest BCUT2D eigenvalue weighted by Crippen LogP contribution is -2.25. The minimum absolute atomic E-state index is 0.0870. The van der Waals surface area contributed by atoms with Gasteiger partial charge in [0.25, 0.3) is 11.6 Å². The minimum Gasteiger partial charge on any atom is -0.267 e. The average Bonchev–Trinajstić information content (AvgIpc) is 3.17. The fourth-order valence-corrected chi connectivity index (χ4v) is 4.26. The molecule has 9 heteroatoms. The fourth-order valence-electron chi connectivity index (χ4n) is 2.79. The number of halogens is 1. The lowest BCUT2D eigenvalue weighted by molar-refractivity contribution is -0.384. The van der Waals surface area contributed by atoms with Crippen LogP contribution >= 0.6 is 27.3 Å². The monoisotopic (exact) mass is 494 g/mol. The molecule has 0 fully saturated rings. The topological polar surface area (TPSA) is 88.7 Å². The van der Waals surface area contributed by atoms with Crippen LogP contribution in [0.1, 0.15) is 21.5 Å². The molecule has 0 N–H and O–H groups in total. The smallest absolute Gasteiger partial charge is 0.267 e. The number of carbonyl (C=O) groups is 1. The Labute approximate surface area is 189 Å². The number of hydrogen-bond acceptors (Lipinski definition) is 6. The molecule has 0 atom stereocenters. The van der Waals surface area contributed by atoms with Crippen molar-refractivity contribution in [2.75, 3.05) is 5.01 Å². The number of thiazole rings is 1. The van der Waals surface area contributed by atoms with E-state index in [0.29, 0.717) is 5.13 Å². The molecule has 3 aromatic carbocycles. The highest BCUT2D eigenvalue weighted by atomic mass is 79.9. The van der Waals surface area contributed by atoms with Crippen molar-refractivity contribution in [2.45, 2.75) is 6.92 Å². The summed E-state index contributed by atoms with van der Waals surface area (Å²) in [5, 5.41) is 17.0. The normalized spacial score (nSPS) is 11.2. The van der Waals surface area contributed by atoms with Gasteiger partial charge < -0.3 is 0 Å². The second kappa shape index (κ2) is 8.75. The number of aromatic nitrogens is 1. The summed E-state index contributed by atoms with van der Waals surface area (Å²) in [5.74, 6) is -0.434. The molecule has 0 saturated heterocycles. The van der Waals surface area contributed by atoms with Gasteiger partial charge in [-0.15, -0.1) is 0 Å². The third-order valence-electron chi connectivity index (χ3n) is 4.44. The number of rotatable bonds is 5. The third kappa shape index (κ3) is 4.68. The number of non-ortho nitro benzene ring substituents is 1. The van der Waals surface area contributed by atoms with Crippen LogP contribution in [0.3, 0.4) is 0 Å². The maximum Gasteiger partial charge on any atom is 0.280 e. The summed E-state index contributed by atoms with van der Waals surface area (Å²) in [5.41, 5.74) is 2.88. The molecule has 0 aliphatic heterocycles. The molecule has 1 heterocycles. The molecule has 0 unspecified atom stereocenters. The first-order valence-electron chi connectivity index (χ1n) is 9.16. The van der Waals surface area contributed by atoms with E-state index in [9.17, 15) is 14.9 Å². The number of fused-ring (bicyclic) bond motifs is 1. The Bertz CT molecular complexity index is 1300. The first kappa shape index (κ1) is 20.8. The van der Waals surface area contributed by atoms with Crippen LogP contribution in [0.5, 0.6) is 0 Å². The molecule has 0 aliphatic carbocycles. The largest absolute Gasteiger partial charge is 0.280 e.